The summed E-state index contributed by atoms with van der Waals surface area (Å²) in [5.74, 6) is 0.610. The molecule has 0 unspecified atom stereocenters. The highest BCUT2D eigenvalue weighted by molar-refractivity contribution is 5.92. The topological polar surface area (TPSA) is 41.6 Å². The molecule has 0 aromatic heterocycles. The van der Waals surface area contributed by atoms with Crippen LogP contribution in [-0.4, -0.2) is 25.6 Å². The van der Waals surface area contributed by atoms with Crippen molar-refractivity contribution in [3.63, 3.8) is 0 Å². The monoisotopic (exact) mass is 338 g/mol. The SMILES string of the molecule is Cc1ccc(OCC(=O)Nc2ccc(N3CCCC3)cc2C)c(C)c1. The van der Waals surface area contributed by atoms with Crippen LogP contribution in [-0.2, 0) is 4.79 Å². The molecule has 2 aromatic rings. The van der Waals surface area contributed by atoms with E-state index >= 15 is 0 Å². The standard InChI is InChI=1S/C21H26N2O2/c1-15-6-9-20(17(3)12-15)25-14-21(24)22-19-8-7-18(13-16(19)2)23-10-4-5-11-23/h6-9,12-13H,4-5,10-11,14H2,1-3H3,(H,22,24). The Morgan fingerprint density at radius 3 is 2.48 bits per heavy atom. The maximum absolute atomic E-state index is 12.2. The number of anilines is 2. The number of aryl methyl sites for hydroxylation is 3. The summed E-state index contributed by atoms with van der Waals surface area (Å²) in [5.41, 5.74) is 5.38. The molecule has 1 fully saturated rings. The molecule has 0 aliphatic carbocycles. The van der Waals surface area contributed by atoms with Crippen molar-refractivity contribution in [2.75, 3.05) is 29.9 Å². The Kier molecular flexibility index (Phi) is 5.27. The molecule has 0 atom stereocenters. The molecule has 1 amide bonds. The molecule has 0 spiro atoms. The van der Waals surface area contributed by atoms with Gasteiger partial charge >= 0.3 is 0 Å². The van der Waals surface area contributed by atoms with E-state index in [1.54, 1.807) is 0 Å². The zero-order valence-corrected chi connectivity index (χ0v) is 15.3. The first-order valence-electron chi connectivity index (χ1n) is 8.88. The number of benzene rings is 2. The predicted molar refractivity (Wildman–Crippen MR) is 103 cm³/mol. The highest BCUT2D eigenvalue weighted by Crippen LogP contribution is 2.25. The molecular formula is C21H26N2O2. The second-order valence-corrected chi connectivity index (χ2v) is 6.80. The molecule has 2 aromatic carbocycles. The minimum Gasteiger partial charge on any atom is -0.483 e. The number of amides is 1. The van der Waals surface area contributed by atoms with Crippen molar-refractivity contribution in [3.05, 3.63) is 53.1 Å². The Bertz CT molecular complexity index is 764. The molecule has 0 saturated carbocycles. The quantitative estimate of drug-likeness (QED) is 0.887. The molecule has 1 heterocycles. The highest BCUT2D eigenvalue weighted by atomic mass is 16.5. The number of ether oxygens (including phenoxy) is 1. The van der Waals surface area contributed by atoms with Crippen molar-refractivity contribution < 1.29 is 9.53 Å². The Labute approximate surface area is 149 Å². The van der Waals surface area contributed by atoms with Crippen LogP contribution in [0.2, 0.25) is 0 Å². The molecule has 0 bridgehead atoms. The second-order valence-electron chi connectivity index (χ2n) is 6.80. The summed E-state index contributed by atoms with van der Waals surface area (Å²) in [4.78, 5) is 14.6. The van der Waals surface area contributed by atoms with Crippen LogP contribution in [0.3, 0.4) is 0 Å². The van der Waals surface area contributed by atoms with Gasteiger partial charge in [-0.15, -0.1) is 0 Å². The summed E-state index contributed by atoms with van der Waals surface area (Å²) in [6, 6.07) is 12.2. The lowest BCUT2D eigenvalue weighted by Gasteiger charge is -2.19. The zero-order chi connectivity index (χ0) is 17.8. The number of nitrogens with one attached hydrogen (secondary N) is 1. The molecule has 3 rings (SSSR count). The first-order valence-corrected chi connectivity index (χ1v) is 8.88. The van der Waals surface area contributed by atoms with Gasteiger partial charge in [0.1, 0.15) is 5.75 Å². The van der Waals surface area contributed by atoms with Crippen molar-refractivity contribution in [1.82, 2.24) is 0 Å². The van der Waals surface area contributed by atoms with Gasteiger partial charge in [0.25, 0.3) is 5.91 Å². The van der Waals surface area contributed by atoms with Crippen molar-refractivity contribution >= 4 is 17.3 Å². The van der Waals surface area contributed by atoms with Crippen molar-refractivity contribution in [2.45, 2.75) is 33.6 Å². The average Bonchev–Trinajstić information content (AvgIpc) is 3.10. The van der Waals surface area contributed by atoms with Crippen molar-refractivity contribution in [3.8, 4) is 5.75 Å². The van der Waals surface area contributed by atoms with Gasteiger partial charge in [-0.2, -0.15) is 0 Å². The van der Waals surface area contributed by atoms with Gasteiger partial charge in [-0.05, 0) is 69.0 Å². The third kappa shape index (κ3) is 4.32. The van der Waals surface area contributed by atoms with Gasteiger partial charge in [0.2, 0.25) is 0 Å². The number of hydrogen-bond donors (Lipinski definition) is 1. The predicted octanol–water partition coefficient (Wildman–Crippen LogP) is 4.23. The van der Waals surface area contributed by atoms with Crippen molar-refractivity contribution in [1.29, 1.82) is 0 Å². The molecule has 25 heavy (non-hydrogen) atoms. The van der Waals surface area contributed by atoms with E-state index in [1.807, 2.05) is 39.0 Å². The fourth-order valence-electron chi connectivity index (χ4n) is 3.25. The van der Waals surface area contributed by atoms with E-state index in [0.29, 0.717) is 0 Å². The molecule has 4 nitrogen and oxygen atoms in total. The highest BCUT2D eigenvalue weighted by Gasteiger charge is 2.14. The van der Waals surface area contributed by atoms with Crippen LogP contribution in [0.25, 0.3) is 0 Å². The Hall–Kier alpha value is -2.49. The number of carbonyl (C=O) groups excluding carboxylic acids is 1. The molecule has 1 saturated heterocycles. The van der Waals surface area contributed by atoms with E-state index in [1.165, 1.54) is 24.1 Å². The van der Waals surface area contributed by atoms with Gasteiger partial charge in [-0.1, -0.05) is 17.7 Å². The normalized spacial score (nSPS) is 13.8. The van der Waals surface area contributed by atoms with Gasteiger partial charge in [0.05, 0.1) is 0 Å². The van der Waals surface area contributed by atoms with Crippen LogP contribution >= 0.6 is 0 Å². The van der Waals surface area contributed by atoms with Crippen LogP contribution in [0.4, 0.5) is 11.4 Å². The lowest BCUT2D eigenvalue weighted by Crippen LogP contribution is -2.21. The van der Waals surface area contributed by atoms with Gasteiger partial charge in [0, 0.05) is 24.5 Å². The minimum atomic E-state index is -0.142. The minimum absolute atomic E-state index is 0.0111. The third-order valence-electron chi connectivity index (χ3n) is 4.64. The summed E-state index contributed by atoms with van der Waals surface area (Å²) in [7, 11) is 0. The van der Waals surface area contributed by atoms with Gasteiger partial charge in [-0.25, -0.2) is 0 Å². The van der Waals surface area contributed by atoms with Crippen LogP contribution in [0.15, 0.2) is 36.4 Å². The Morgan fingerprint density at radius 2 is 1.80 bits per heavy atom. The zero-order valence-electron chi connectivity index (χ0n) is 15.3. The van der Waals surface area contributed by atoms with Gasteiger partial charge in [0.15, 0.2) is 6.61 Å². The lowest BCUT2D eigenvalue weighted by molar-refractivity contribution is -0.118. The molecular weight excluding hydrogens is 312 g/mol. The van der Waals surface area contributed by atoms with E-state index in [4.69, 9.17) is 4.74 Å². The maximum Gasteiger partial charge on any atom is 0.262 e. The van der Waals surface area contributed by atoms with Crippen LogP contribution in [0.5, 0.6) is 5.75 Å². The molecule has 4 heteroatoms. The van der Waals surface area contributed by atoms with Crippen LogP contribution in [0.1, 0.15) is 29.5 Å². The molecule has 1 aliphatic heterocycles. The number of rotatable bonds is 5. The van der Waals surface area contributed by atoms with Crippen molar-refractivity contribution in [2.24, 2.45) is 0 Å². The lowest BCUT2D eigenvalue weighted by atomic mass is 10.1. The summed E-state index contributed by atoms with van der Waals surface area (Å²) < 4.78 is 5.65. The van der Waals surface area contributed by atoms with E-state index in [9.17, 15) is 4.79 Å². The molecule has 1 aliphatic rings. The van der Waals surface area contributed by atoms with E-state index in [2.05, 4.69) is 28.4 Å². The maximum atomic E-state index is 12.2. The first-order chi connectivity index (χ1) is 12.0. The second kappa shape index (κ2) is 7.60. The van der Waals surface area contributed by atoms with Gasteiger partial charge < -0.3 is 15.0 Å². The summed E-state index contributed by atoms with van der Waals surface area (Å²) in [5, 5.41) is 2.95. The largest absolute Gasteiger partial charge is 0.483 e. The van der Waals surface area contributed by atoms with Crippen LogP contribution < -0.4 is 15.0 Å². The average molecular weight is 338 g/mol. The third-order valence-corrected chi connectivity index (χ3v) is 4.64. The molecule has 0 radical (unpaired) electrons. The fraction of sp³-hybridized carbons (Fsp3) is 0.381. The smallest absolute Gasteiger partial charge is 0.262 e. The molecule has 1 N–H and O–H groups in total. The Balaban J connectivity index is 1.58. The molecule has 132 valence electrons. The first kappa shape index (κ1) is 17.3. The Morgan fingerprint density at radius 1 is 1.04 bits per heavy atom. The number of nitrogens with zero attached hydrogens (tertiary/aromatic N) is 1. The van der Waals surface area contributed by atoms with E-state index in [0.717, 1.165) is 35.7 Å². The fourth-order valence-corrected chi connectivity index (χ4v) is 3.25. The summed E-state index contributed by atoms with van der Waals surface area (Å²) in [6.07, 6.45) is 2.51. The summed E-state index contributed by atoms with van der Waals surface area (Å²) >= 11 is 0. The number of hydrogen-bond acceptors (Lipinski definition) is 3. The van der Waals surface area contributed by atoms with Gasteiger partial charge in [-0.3, -0.25) is 4.79 Å². The van der Waals surface area contributed by atoms with E-state index in [-0.39, 0.29) is 12.5 Å². The van der Waals surface area contributed by atoms with Crippen LogP contribution in [0, 0.1) is 20.8 Å². The summed E-state index contributed by atoms with van der Waals surface area (Å²) in [6.45, 7) is 8.31. The van der Waals surface area contributed by atoms with E-state index < -0.39 is 0 Å². The number of carbonyl (C=O) groups is 1.